The maximum atomic E-state index is 4.88. The number of piperazine rings is 1. The Bertz CT molecular complexity index is 455. The molecule has 1 aromatic rings. The van der Waals surface area contributed by atoms with Crippen molar-refractivity contribution < 1.29 is 0 Å². The second-order valence-electron chi connectivity index (χ2n) is 6.48. The van der Waals surface area contributed by atoms with Crippen molar-refractivity contribution in [2.75, 3.05) is 37.6 Å². The molecule has 2 heterocycles. The lowest BCUT2D eigenvalue weighted by Gasteiger charge is -2.35. The zero-order valence-electron chi connectivity index (χ0n) is 12.4. The van der Waals surface area contributed by atoms with E-state index in [-0.39, 0.29) is 0 Å². The zero-order valence-corrected chi connectivity index (χ0v) is 12.4. The molecule has 1 aliphatic heterocycles. The van der Waals surface area contributed by atoms with Crippen molar-refractivity contribution in [1.82, 2.24) is 14.9 Å². The first kappa shape index (κ1) is 12.6. The summed E-state index contributed by atoms with van der Waals surface area (Å²) in [5.41, 5.74) is 1.31. The van der Waals surface area contributed by atoms with Crippen LogP contribution in [0.15, 0.2) is 6.07 Å². The molecule has 108 valence electrons. The van der Waals surface area contributed by atoms with Crippen LogP contribution in [-0.4, -0.2) is 47.6 Å². The number of aromatic nitrogens is 2. The fraction of sp³-hybridized carbons (Fsp3) is 0.750. The number of nitrogens with zero attached hydrogens (tertiary/aromatic N) is 4. The van der Waals surface area contributed by atoms with Crippen molar-refractivity contribution in [3.05, 3.63) is 17.6 Å². The van der Waals surface area contributed by atoms with Crippen LogP contribution in [0.2, 0.25) is 0 Å². The number of rotatable bonds is 4. The average Bonchev–Trinajstić information content (AvgIpc) is 3.39. The third-order valence-electron chi connectivity index (χ3n) is 4.83. The Labute approximate surface area is 121 Å². The van der Waals surface area contributed by atoms with Gasteiger partial charge in [0.25, 0.3) is 0 Å². The van der Waals surface area contributed by atoms with Gasteiger partial charge in [-0.15, -0.1) is 0 Å². The number of hydrogen-bond acceptors (Lipinski definition) is 4. The van der Waals surface area contributed by atoms with Crippen LogP contribution in [-0.2, 0) is 0 Å². The quantitative estimate of drug-likeness (QED) is 0.842. The van der Waals surface area contributed by atoms with Gasteiger partial charge in [-0.2, -0.15) is 0 Å². The summed E-state index contributed by atoms with van der Waals surface area (Å²) in [5.74, 6) is 3.71. The van der Waals surface area contributed by atoms with E-state index in [0.717, 1.165) is 44.5 Å². The highest BCUT2D eigenvalue weighted by molar-refractivity contribution is 5.42. The van der Waals surface area contributed by atoms with Gasteiger partial charge in [-0.1, -0.05) is 6.92 Å². The zero-order chi connectivity index (χ0) is 13.5. The standard InChI is InChI=1S/C16H24N4/c1-2-19-7-9-20(10-8-19)15-11-14(12-3-4-12)17-16(18-15)13-5-6-13/h11-13H,2-10H2,1H3. The van der Waals surface area contributed by atoms with Gasteiger partial charge in [-0.25, -0.2) is 9.97 Å². The first-order valence-electron chi connectivity index (χ1n) is 8.19. The van der Waals surface area contributed by atoms with E-state index in [1.54, 1.807) is 0 Å². The van der Waals surface area contributed by atoms with Crippen molar-refractivity contribution in [3.63, 3.8) is 0 Å². The highest BCUT2D eigenvalue weighted by Gasteiger charge is 2.32. The summed E-state index contributed by atoms with van der Waals surface area (Å²) in [6, 6.07) is 2.27. The minimum absolute atomic E-state index is 0.657. The van der Waals surface area contributed by atoms with Gasteiger partial charge in [0, 0.05) is 49.8 Å². The molecule has 2 saturated carbocycles. The van der Waals surface area contributed by atoms with Gasteiger partial charge in [0.2, 0.25) is 0 Å². The molecule has 4 nitrogen and oxygen atoms in total. The molecule has 0 bridgehead atoms. The topological polar surface area (TPSA) is 32.3 Å². The van der Waals surface area contributed by atoms with Crippen LogP contribution in [0, 0.1) is 0 Å². The predicted octanol–water partition coefficient (Wildman–Crippen LogP) is 2.37. The third kappa shape index (κ3) is 2.53. The fourth-order valence-electron chi connectivity index (χ4n) is 3.04. The van der Waals surface area contributed by atoms with E-state index in [0.29, 0.717) is 5.92 Å². The van der Waals surface area contributed by atoms with Gasteiger partial charge in [-0.3, -0.25) is 0 Å². The smallest absolute Gasteiger partial charge is 0.134 e. The van der Waals surface area contributed by atoms with Crippen molar-refractivity contribution in [1.29, 1.82) is 0 Å². The van der Waals surface area contributed by atoms with E-state index < -0.39 is 0 Å². The summed E-state index contributed by atoms with van der Waals surface area (Å²) in [4.78, 5) is 14.7. The molecule has 4 rings (SSSR count). The van der Waals surface area contributed by atoms with Gasteiger partial charge in [0.05, 0.1) is 0 Å². The highest BCUT2D eigenvalue weighted by Crippen LogP contribution is 2.43. The lowest BCUT2D eigenvalue weighted by molar-refractivity contribution is 0.270. The van der Waals surface area contributed by atoms with E-state index in [4.69, 9.17) is 9.97 Å². The minimum atomic E-state index is 0.657. The molecule has 0 N–H and O–H groups in total. The van der Waals surface area contributed by atoms with Gasteiger partial charge < -0.3 is 9.80 Å². The Morgan fingerprint density at radius 2 is 1.70 bits per heavy atom. The molecular formula is C16H24N4. The van der Waals surface area contributed by atoms with Crippen LogP contribution >= 0.6 is 0 Å². The molecule has 1 saturated heterocycles. The van der Waals surface area contributed by atoms with E-state index >= 15 is 0 Å². The molecule has 0 atom stereocenters. The van der Waals surface area contributed by atoms with Crippen LogP contribution in [0.1, 0.15) is 56.0 Å². The molecule has 0 aromatic carbocycles. The third-order valence-corrected chi connectivity index (χ3v) is 4.83. The summed E-state index contributed by atoms with van der Waals surface area (Å²) in [7, 11) is 0. The van der Waals surface area contributed by atoms with E-state index in [2.05, 4.69) is 22.8 Å². The number of likely N-dealkylation sites (N-methyl/N-ethyl adjacent to an activating group) is 1. The molecule has 20 heavy (non-hydrogen) atoms. The van der Waals surface area contributed by atoms with Crippen molar-refractivity contribution in [3.8, 4) is 0 Å². The maximum absolute atomic E-state index is 4.88. The van der Waals surface area contributed by atoms with Gasteiger partial charge in [-0.05, 0) is 32.2 Å². The largest absolute Gasteiger partial charge is 0.354 e. The molecule has 0 amide bonds. The average molecular weight is 272 g/mol. The van der Waals surface area contributed by atoms with Gasteiger partial charge >= 0.3 is 0 Å². The predicted molar refractivity (Wildman–Crippen MR) is 80.3 cm³/mol. The van der Waals surface area contributed by atoms with Gasteiger partial charge in [0.15, 0.2) is 0 Å². The van der Waals surface area contributed by atoms with Gasteiger partial charge in [0.1, 0.15) is 11.6 Å². The first-order valence-corrected chi connectivity index (χ1v) is 8.19. The summed E-state index contributed by atoms with van der Waals surface area (Å²) >= 11 is 0. The monoisotopic (exact) mass is 272 g/mol. The van der Waals surface area contributed by atoms with Crippen LogP contribution in [0.3, 0.4) is 0 Å². The molecule has 0 radical (unpaired) electrons. The molecule has 1 aromatic heterocycles. The van der Waals surface area contributed by atoms with E-state index in [1.165, 1.54) is 37.2 Å². The highest BCUT2D eigenvalue weighted by atomic mass is 15.3. The fourth-order valence-corrected chi connectivity index (χ4v) is 3.04. The minimum Gasteiger partial charge on any atom is -0.354 e. The normalized spacial score (nSPS) is 24.1. The Hall–Kier alpha value is -1.16. The van der Waals surface area contributed by atoms with Crippen LogP contribution in [0.4, 0.5) is 5.82 Å². The van der Waals surface area contributed by atoms with E-state index in [9.17, 15) is 0 Å². The molecular weight excluding hydrogens is 248 g/mol. The summed E-state index contributed by atoms with van der Waals surface area (Å²) in [6.07, 6.45) is 5.22. The lowest BCUT2D eigenvalue weighted by atomic mass is 10.2. The molecule has 4 heteroatoms. The number of hydrogen-bond donors (Lipinski definition) is 0. The van der Waals surface area contributed by atoms with Crippen molar-refractivity contribution in [2.24, 2.45) is 0 Å². The van der Waals surface area contributed by atoms with Crippen LogP contribution < -0.4 is 4.90 Å². The van der Waals surface area contributed by atoms with Crippen LogP contribution in [0.25, 0.3) is 0 Å². The van der Waals surface area contributed by atoms with Crippen molar-refractivity contribution in [2.45, 2.75) is 44.4 Å². The maximum Gasteiger partial charge on any atom is 0.134 e. The summed E-state index contributed by atoms with van der Waals surface area (Å²) in [6.45, 7) is 7.96. The summed E-state index contributed by atoms with van der Waals surface area (Å²) in [5, 5.41) is 0. The lowest BCUT2D eigenvalue weighted by Crippen LogP contribution is -2.46. The Balaban J connectivity index is 1.57. The van der Waals surface area contributed by atoms with Crippen LogP contribution in [0.5, 0.6) is 0 Å². The first-order chi connectivity index (χ1) is 9.83. The van der Waals surface area contributed by atoms with Crippen molar-refractivity contribution >= 4 is 5.82 Å². The second-order valence-corrected chi connectivity index (χ2v) is 6.48. The Morgan fingerprint density at radius 1 is 1.00 bits per heavy atom. The Morgan fingerprint density at radius 3 is 2.30 bits per heavy atom. The molecule has 0 unspecified atom stereocenters. The van der Waals surface area contributed by atoms with E-state index in [1.807, 2.05) is 0 Å². The molecule has 3 fully saturated rings. The number of anilines is 1. The molecule has 3 aliphatic rings. The Kier molecular flexibility index (Phi) is 3.14. The SMILES string of the molecule is CCN1CCN(c2cc(C3CC3)nc(C3CC3)n2)CC1. The molecule has 2 aliphatic carbocycles. The molecule has 0 spiro atoms. The second kappa shape index (κ2) is 4.99. The summed E-state index contributed by atoms with van der Waals surface area (Å²) < 4.78 is 0.